The van der Waals surface area contributed by atoms with Gasteiger partial charge in [0.15, 0.2) is 5.82 Å². The molecule has 1 saturated heterocycles. The second-order valence-corrected chi connectivity index (χ2v) is 10.7. The molecule has 0 radical (unpaired) electrons. The summed E-state index contributed by atoms with van der Waals surface area (Å²) in [6.45, 7) is 9.58. The van der Waals surface area contributed by atoms with Crippen molar-refractivity contribution < 1.29 is 9.32 Å². The number of hydrogen-bond donors (Lipinski definition) is 1. The summed E-state index contributed by atoms with van der Waals surface area (Å²) >= 11 is 0. The molecule has 36 heavy (non-hydrogen) atoms. The summed E-state index contributed by atoms with van der Waals surface area (Å²) < 4.78 is 5.29. The highest BCUT2D eigenvalue weighted by atomic mass is 16.5. The number of aryl methyl sites for hydroxylation is 1. The first-order valence-corrected chi connectivity index (χ1v) is 12.6. The highest BCUT2D eigenvalue weighted by Crippen LogP contribution is 2.33. The molecule has 0 bridgehead atoms. The molecular formula is C27H31N7O2. The van der Waals surface area contributed by atoms with Gasteiger partial charge in [-0.05, 0) is 69.5 Å². The zero-order valence-electron chi connectivity index (χ0n) is 21.0. The SMILES string of the molecule is Cc1noc(-c2ccc3nc(Cc4cc(CN5CCN(C(=O)C6CC6)CC5(C)C)ccn4)[nH]c3c2)n1. The van der Waals surface area contributed by atoms with Gasteiger partial charge in [-0.15, -0.1) is 0 Å². The minimum absolute atomic E-state index is 0.0699. The van der Waals surface area contributed by atoms with Gasteiger partial charge in [-0.2, -0.15) is 4.98 Å². The highest BCUT2D eigenvalue weighted by Gasteiger charge is 2.40. The molecule has 9 heteroatoms. The molecule has 1 aromatic carbocycles. The van der Waals surface area contributed by atoms with Crippen molar-refractivity contribution in [3.05, 3.63) is 59.4 Å². The molecule has 2 aliphatic rings. The topological polar surface area (TPSA) is 104 Å². The second-order valence-electron chi connectivity index (χ2n) is 10.7. The fraction of sp³-hybridized carbons (Fsp3) is 0.444. The minimum Gasteiger partial charge on any atom is -0.342 e. The Labute approximate surface area is 209 Å². The van der Waals surface area contributed by atoms with Gasteiger partial charge >= 0.3 is 0 Å². The fourth-order valence-electron chi connectivity index (χ4n) is 5.07. The number of benzene rings is 1. The van der Waals surface area contributed by atoms with Gasteiger partial charge in [0.25, 0.3) is 5.89 Å². The first-order chi connectivity index (χ1) is 17.3. The van der Waals surface area contributed by atoms with E-state index >= 15 is 0 Å². The van der Waals surface area contributed by atoms with Crippen LogP contribution in [0.25, 0.3) is 22.5 Å². The van der Waals surface area contributed by atoms with Crippen molar-refractivity contribution in [2.75, 3.05) is 19.6 Å². The van der Waals surface area contributed by atoms with Crippen LogP contribution in [0.2, 0.25) is 0 Å². The molecule has 2 fully saturated rings. The minimum atomic E-state index is -0.0699. The summed E-state index contributed by atoms with van der Waals surface area (Å²) in [4.78, 5) is 34.2. The maximum Gasteiger partial charge on any atom is 0.257 e. The molecule has 4 heterocycles. The van der Waals surface area contributed by atoms with Crippen molar-refractivity contribution in [1.29, 1.82) is 0 Å². The molecule has 1 aliphatic heterocycles. The molecule has 1 saturated carbocycles. The van der Waals surface area contributed by atoms with Crippen molar-refractivity contribution in [1.82, 2.24) is 34.9 Å². The summed E-state index contributed by atoms with van der Waals surface area (Å²) in [5.41, 5.74) is 4.80. The summed E-state index contributed by atoms with van der Waals surface area (Å²) in [5, 5.41) is 3.87. The maximum atomic E-state index is 12.6. The van der Waals surface area contributed by atoms with E-state index in [0.29, 0.717) is 24.0 Å². The Kier molecular flexibility index (Phi) is 5.59. The van der Waals surface area contributed by atoms with Gasteiger partial charge in [0.1, 0.15) is 5.82 Å². The fourth-order valence-corrected chi connectivity index (χ4v) is 5.07. The van der Waals surface area contributed by atoms with E-state index in [0.717, 1.165) is 67.1 Å². The highest BCUT2D eigenvalue weighted by molar-refractivity contribution is 5.81. The number of carbonyl (C=O) groups is 1. The standard InChI is InChI=1S/C27H31N7O2/c1-17-29-25(36-32-17)20-6-7-22-23(13-20)31-24(30-22)14-21-12-18(8-9-28-21)15-34-11-10-33(16-27(34,2)3)26(35)19-4-5-19/h6-9,12-13,19H,4-5,10-11,14-16H2,1-3H3,(H,30,31). The van der Waals surface area contributed by atoms with E-state index in [2.05, 4.69) is 55.9 Å². The monoisotopic (exact) mass is 485 g/mol. The zero-order valence-corrected chi connectivity index (χ0v) is 21.0. The maximum absolute atomic E-state index is 12.6. The lowest BCUT2D eigenvalue weighted by atomic mass is 9.97. The van der Waals surface area contributed by atoms with Crippen LogP contribution < -0.4 is 0 Å². The number of pyridine rings is 1. The number of piperazine rings is 1. The van der Waals surface area contributed by atoms with Gasteiger partial charge < -0.3 is 14.4 Å². The lowest BCUT2D eigenvalue weighted by Gasteiger charge is -2.47. The van der Waals surface area contributed by atoms with Gasteiger partial charge in [-0.25, -0.2) is 4.98 Å². The number of H-pyrrole nitrogens is 1. The lowest BCUT2D eigenvalue weighted by molar-refractivity contribution is -0.137. The lowest BCUT2D eigenvalue weighted by Crippen LogP contribution is -2.60. The summed E-state index contributed by atoms with van der Waals surface area (Å²) in [7, 11) is 0. The molecule has 4 aromatic rings. The average Bonchev–Trinajstić information content (AvgIpc) is 3.48. The Morgan fingerprint density at radius 2 is 2.03 bits per heavy atom. The van der Waals surface area contributed by atoms with Crippen molar-refractivity contribution in [2.24, 2.45) is 5.92 Å². The van der Waals surface area contributed by atoms with Crippen LogP contribution in [0.4, 0.5) is 0 Å². The summed E-state index contributed by atoms with van der Waals surface area (Å²) in [5.74, 6) is 2.60. The Morgan fingerprint density at radius 3 is 2.78 bits per heavy atom. The van der Waals surface area contributed by atoms with Crippen molar-refractivity contribution in [3.63, 3.8) is 0 Å². The van der Waals surface area contributed by atoms with Crippen LogP contribution in [0.3, 0.4) is 0 Å². The third-order valence-electron chi connectivity index (χ3n) is 7.22. The van der Waals surface area contributed by atoms with Crippen molar-refractivity contribution in [3.8, 4) is 11.5 Å². The van der Waals surface area contributed by atoms with Crippen molar-refractivity contribution in [2.45, 2.75) is 52.1 Å². The Balaban J connectivity index is 1.14. The number of rotatable bonds is 6. The third-order valence-corrected chi connectivity index (χ3v) is 7.22. The average molecular weight is 486 g/mol. The number of imidazole rings is 1. The molecule has 6 rings (SSSR count). The van der Waals surface area contributed by atoms with Gasteiger partial charge in [0, 0.05) is 61.5 Å². The molecule has 1 N–H and O–H groups in total. The molecule has 1 aliphatic carbocycles. The molecule has 3 aromatic heterocycles. The predicted molar refractivity (Wildman–Crippen MR) is 135 cm³/mol. The van der Waals surface area contributed by atoms with Gasteiger partial charge in [0.2, 0.25) is 5.91 Å². The Morgan fingerprint density at radius 1 is 1.17 bits per heavy atom. The quantitative estimate of drug-likeness (QED) is 0.444. The Hall–Kier alpha value is -3.59. The number of carbonyl (C=O) groups excluding carboxylic acids is 1. The number of aromatic amines is 1. The van der Waals surface area contributed by atoms with Crippen molar-refractivity contribution >= 4 is 16.9 Å². The van der Waals surface area contributed by atoms with Crippen LogP contribution in [-0.4, -0.2) is 66.0 Å². The summed E-state index contributed by atoms with van der Waals surface area (Å²) in [6, 6.07) is 10.1. The normalized spacial score (nSPS) is 18.1. The number of nitrogens with one attached hydrogen (secondary N) is 1. The van der Waals surface area contributed by atoms with Gasteiger partial charge in [-0.3, -0.25) is 14.7 Å². The van der Waals surface area contributed by atoms with Crippen LogP contribution in [-0.2, 0) is 17.8 Å². The molecule has 0 spiro atoms. The van der Waals surface area contributed by atoms with Crippen LogP contribution in [0.1, 0.15) is 49.6 Å². The van der Waals surface area contributed by atoms with Gasteiger partial charge in [0.05, 0.1) is 11.0 Å². The van der Waals surface area contributed by atoms with E-state index in [1.54, 1.807) is 6.92 Å². The van der Waals surface area contributed by atoms with E-state index in [-0.39, 0.29) is 11.5 Å². The number of nitrogens with zero attached hydrogens (tertiary/aromatic N) is 6. The smallest absolute Gasteiger partial charge is 0.257 e. The van der Waals surface area contributed by atoms with E-state index in [1.165, 1.54) is 5.56 Å². The summed E-state index contributed by atoms with van der Waals surface area (Å²) in [6.07, 6.45) is 4.61. The number of hydrogen-bond acceptors (Lipinski definition) is 7. The van der Waals surface area contributed by atoms with E-state index in [1.807, 2.05) is 24.4 Å². The molecule has 0 unspecified atom stereocenters. The number of aromatic nitrogens is 5. The van der Waals surface area contributed by atoms with Gasteiger partial charge in [-0.1, -0.05) is 5.16 Å². The van der Waals surface area contributed by atoms with E-state index in [9.17, 15) is 4.79 Å². The third kappa shape index (κ3) is 4.63. The second kappa shape index (κ2) is 8.81. The molecular weight excluding hydrogens is 454 g/mol. The van der Waals surface area contributed by atoms with Crippen LogP contribution in [0.5, 0.6) is 0 Å². The molecule has 186 valence electrons. The number of fused-ring (bicyclic) bond motifs is 1. The molecule has 0 atom stereocenters. The van der Waals surface area contributed by atoms with E-state index in [4.69, 9.17) is 9.51 Å². The van der Waals surface area contributed by atoms with Crippen LogP contribution in [0.15, 0.2) is 41.1 Å². The van der Waals surface area contributed by atoms with E-state index < -0.39 is 0 Å². The molecule has 9 nitrogen and oxygen atoms in total. The first-order valence-electron chi connectivity index (χ1n) is 12.6. The van der Waals surface area contributed by atoms with Crippen LogP contribution in [0, 0.1) is 12.8 Å². The first kappa shape index (κ1) is 22.8. The Bertz CT molecular complexity index is 1420. The number of amides is 1. The molecule has 1 amide bonds. The largest absolute Gasteiger partial charge is 0.342 e. The van der Waals surface area contributed by atoms with Crippen LogP contribution >= 0.6 is 0 Å². The zero-order chi connectivity index (χ0) is 24.9. The predicted octanol–water partition coefficient (Wildman–Crippen LogP) is 3.74.